The van der Waals surface area contributed by atoms with Gasteiger partial charge in [-0.3, -0.25) is 0 Å². The first-order valence-electron chi connectivity index (χ1n) is 6.48. The molecule has 4 nitrogen and oxygen atoms in total. The highest BCUT2D eigenvalue weighted by molar-refractivity contribution is 5.68. The summed E-state index contributed by atoms with van der Waals surface area (Å²) in [6, 6.07) is 7.61. The van der Waals surface area contributed by atoms with Crippen molar-refractivity contribution in [2.24, 2.45) is 0 Å². The molecular formula is C16H24N4. The molecule has 0 atom stereocenters. The van der Waals surface area contributed by atoms with Gasteiger partial charge < -0.3 is 22.9 Å². The molecule has 0 radical (unpaired) electrons. The highest BCUT2D eigenvalue weighted by Crippen LogP contribution is 2.22. The molecule has 2 aromatic carbocycles. The Labute approximate surface area is 120 Å². The van der Waals surface area contributed by atoms with Gasteiger partial charge in [0.2, 0.25) is 0 Å². The van der Waals surface area contributed by atoms with E-state index in [9.17, 15) is 0 Å². The average molecular weight is 272 g/mol. The monoisotopic (exact) mass is 272 g/mol. The molecule has 0 amide bonds. The van der Waals surface area contributed by atoms with Crippen LogP contribution in [-0.4, -0.2) is 0 Å². The van der Waals surface area contributed by atoms with Gasteiger partial charge in [-0.05, 0) is 62.1 Å². The lowest BCUT2D eigenvalue weighted by Crippen LogP contribution is -1.98. The molecule has 20 heavy (non-hydrogen) atoms. The summed E-state index contributed by atoms with van der Waals surface area (Å²) in [5.41, 5.74) is 29.8. The second-order valence-electron chi connectivity index (χ2n) is 5.02. The van der Waals surface area contributed by atoms with E-state index in [0.29, 0.717) is 11.4 Å². The predicted molar refractivity (Wildman–Crippen MR) is 89.5 cm³/mol. The van der Waals surface area contributed by atoms with Gasteiger partial charge in [-0.15, -0.1) is 0 Å². The molecule has 8 N–H and O–H groups in total. The van der Waals surface area contributed by atoms with Gasteiger partial charge in [0, 0.05) is 11.4 Å². The summed E-state index contributed by atoms with van der Waals surface area (Å²) in [4.78, 5) is 0. The van der Waals surface area contributed by atoms with Crippen LogP contribution in [-0.2, 0) is 0 Å². The van der Waals surface area contributed by atoms with Crippen molar-refractivity contribution in [3.63, 3.8) is 0 Å². The van der Waals surface area contributed by atoms with Crippen LogP contribution in [0.15, 0.2) is 24.3 Å². The summed E-state index contributed by atoms with van der Waals surface area (Å²) in [7, 11) is 0. The second-order valence-corrected chi connectivity index (χ2v) is 5.02. The molecule has 0 saturated carbocycles. The minimum absolute atomic E-state index is 0.670. The van der Waals surface area contributed by atoms with Crippen LogP contribution in [0, 0.1) is 27.7 Å². The van der Waals surface area contributed by atoms with Crippen molar-refractivity contribution in [3.8, 4) is 0 Å². The van der Waals surface area contributed by atoms with Gasteiger partial charge in [0.15, 0.2) is 0 Å². The van der Waals surface area contributed by atoms with Gasteiger partial charge in [0.25, 0.3) is 0 Å². The Hall–Kier alpha value is -2.36. The van der Waals surface area contributed by atoms with Crippen LogP contribution in [0.1, 0.15) is 22.3 Å². The highest BCUT2D eigenvalue weighted by atomic mass is 14.7. The van der Waals surface area contributed by atoms with Crippen molar-refractivity contribution < 1.29 is 0 Å². The fourth-order valence-corrected chi connectivity index (χ4v) is 1.74. The summed E-state index contributed by atoms with van der Waals surface area (Å²) in [5.74, 6) is 0. The molecule has 0 spiro atoms. The lowest BCUT2D eigenvalue weighted by molar-refractivity contribution is 1.35. The number of anilines is 4. The van der Waals surface area contributed by atoms with E-state index < -0.39 is 0 Å². The fourth-order valence-electron chi connectivity index (χ4n) is 1.74. The first-order chi connectivity index (χ1) is 9.25. The zero-order valence-corrected chi connectivity index (χ0v) is 12.6. The number of hydrogen-bond donors (Lipinski definition) is 4. The maximum absolute atomic E-state index is 5.70. The molecule has 0 aromatic heterocycles. The van der Waals surface area contributed by atoms with Crippen molar-refractivity contribution in [2.45, 2.75) is 27.7 Å². The van der Waals surface area contributed by atoms with E-state index in [4.69, 9.17) is 22.9 Å². The van der Waals surface area contributed by atoms with Gasteiger partial charge in [-0.1, -0.05) is 12.1 Å². The first-order valence-corrected chi connectivity index (χ1v) is 6.48. The fraction of sp³-hybridized carbons (Fsp3) is 0.250. The van der Waals surface area contributed by atoms with E-state index in [2.05, 4.69) is 0 Å². The van der Waals surface area contributed by atoms with E-state index in [1.807, 2.05) is 52.0 Å². The maximum Gasteiger partial charge on any atom is 0.0580 e. The third-order valence-corrected chi connectivity index (χ3v) is 3.59. The Morgan fingerprint density at radius 3 is 1.55 bits per heavy atom. The lowest BCUT2D eigenvalue weighted by atomic mass is 10.1. The quantitative estimate of drug-likeness (QED) is 0.553. The number of hydrogen-bond acceptors (Lipinski definition) is 4. The molecule has 0 heterocycles. The number of benzene rings is 2. The minimum atomic E-state index is 0.670. The third kappa shape index (κ3) is 3.35. The molecule has 4 heteroatoms. The molecule has 0 saturated heterocycles. The molecule has 0 aliphatic heterocycles. The van der Waals surface area contributed by atoms with Gasteiger partial charge in [-0.25, -0.2) is 0 Å². The Bertz CT molecular complexity index is 509. The summed E-state index contributed by atoms with van der Waals surface area (Å²) >= 11 is 0. The number of rotatable bonds is 0. The molecule has 2 rings (SSSR count). The van der Waals surface area contributed by atoms with E-state index in [1.165, 1.54) is 5.56 Å². The number of nitrogens with two attached hydrogens (primary N) is 4. The molecule has 108 valence electrons. The first kappa shape index (κ1) is 15.7. The van der Waals surface area contributed by atoms with Crippen LogP contribution in [0.25, 0.3) is 0 Å². The molecule has 0 aliphatic carbocycles. The van der Waals surface area contributed by atoms with Crippen LogP contribution in [0.2, 0.25) is 0 Å². The van der Waals surface area contributed by atoms with Gasteiger partial charge >= 0.3 is 0 Å². The molecular weight excluding hydrogens is 248 g/mol. The Morgan fingerprint density at radius 1 is 0.550 bits per heavy atom. The van der Waals surface area contributed by atoms with E-state index >= 15 is 0 Å². The highest BCUT2D eigenvalue weighted by Gasteiger charge is 2.00. The van der Waals surface area contributed by atoms with Crippen LogP contribution in [0.4, 0.5) is 22.7 Å². The van der Waals surface area contributed by atoms with E-state index in [-0.39, 0.29) is 0 Å². The van der Waals surface area contributed by atoms with Gasteiger partial charge in [0.1, 0.15) is 0 Å². The zero-order valence-electron chi connectivity index (χ0n) is 12.6. The largest absolute Gasteiger partial charge is 0.398 e. The molecule has 0 unspecified atom stereocenters. The van der Waals surface area contributed by atoms with Crippen LogP contribution >= 0.6 is 0 Å². The normalized spacial score (nSPS) is 9.80. The summed E-state index contributed by atoms with van der Waals surface area (Å²) in [6.45, 7) is 7.89. The van der Waals surface area contributed by atoms with E-state index in [1.54, 1.807) is 0 Å². The topological polar surface area (TPSA) is 104 Å². The molecule has 2 aromatic rings. The Morgan fingerprint density at radius 2 is 1.05 bits per heavy atom. The van der Waals surface area contributed by atoms with Crippen LogP contribution in [0.3, 0.4) is 0 Å². The van der Waals surface area contributed by atoms with Crippen LogP contribution in [0.5, 0.6) is 0 Å². The smallest absolute Gasteiger partial charge is 0.0580 e. The maximum atomic E-state index is 5.70. The second kappa shape index (κ2) is 6.19. The van der Waals surface area contributed by atoms with Crippen molar-refractivity contribution in [3.05, 3.63) is 46.5 Å². The van der Waals surface area contributed by atoms with Crippen molar-refractivity contribution in [1.29, 1.82) is 0 Å². The number of aryl methyl sites for hydroxylation is 2. The average Bonchev–Trinajstić information content (AvgIpc) is 2.43. The summed E-state index contributed by atoms with van der Waals surface area (Å²) in [6.07, 6.45) is 0. The Balaban J connectivity index is 0.000000200. The SMILES string of the molecule is Cc1ccc(N)c(C)c1N.Cc1ccc(N)c(N)c1C. The molecule has 0 bridgehead atoms. The van der Waals surface area contributed by atoms with Crippen molar-refractivity contribution in [1.82, 2.24) is 0 Å². The predicted octanol–water partition coefficient (Wildman–Crippen LogP) is 2.94. The lowest BCUT2D eigenvalue weighted by Gasteiger charge is -2.05. The van der Waals surface area contributed by atoms with Crippen LogP contribution < -0.4 is 22.9 Å². The van der Waals surface area contributed by atoms with Gasteiger partial charge in [0.05, 0.1) is 11.4 Å². The zero-order chi connectivity index (χ0) is 15.4. The van der Waals surface area contributed by atoms with Crippen molar-refractivity contribution >= 4 is 22.7 Å². The molecule has 0 fully saturated rings. The summed E-state index contributed by atoms with van der Waals surface area (Å²) < 4.78 is 0. The Kier molecular flexibility index (Phi) is 4.86. The number of nitrogen functional groups attached to an aromatic ring is 4. The minimum Gasteiger partial charge on any atom is -0.398 e. The van der Waals surface area contributed by atoms with Crippen molar-refractivity contribution in [2.75, 3.05) is 22.9 Å². The third-order valence-electron chi connectivity index (χ3n) is 3.59. The van der Waals surface area contributed by atoms with Gasteiger partial charge in [-0.2, -0.15) is 0 Å². The molecule has 0 aliphatic rings. The van der Waals surface area contributed by atoms with E-state index in [0.717, 1.165) is 28.1 Å². The standard InChI is InChI=1S/2C8H12N2/c1-5-3-4-7(9)6(2)8(5)10;1-5-3-4-7(9)8(10)6(5)2/h2*3-4H,9-10H2,1-2H3. The summed E-state index contributed by atoms with van der Waals surface area (Å²) in [5, 5.41) is 0.